The van der Waals surface area contributed by atoms with Crippen LogP contribution < -0.4 is 5.56 Å². The van der Waals surface area contributed by atoms with Gasteiger partial charge < -0.3 is 0 Å². The van der Waals surface area contributed by atoms with Gasteiger partial charge in [-0.2, -0.15) is 0 Å². The smallest absolute Gasteiger partial charge is 0.262 e. The van der Waals surface area contributed by atoms with Crippen LogP contribution in [0.3, 0.4) is 0 Å². The summed E-state index contributed by atoms with van der Waals surface area (Å²) < 4.78 is 1.84. The van der Waals surface area contributed by atoms with Crippen molar-refractivity contribution in [2.75, 3.05) is 5.75 Å². The Kier molecular flexibility index (Phi) is 3.89. The highest BCUT2D eigenvalue weighted by Gasteiger charge is 2.27. The summed E-state index contributed by atoms with van der Waals surface area (Å²) in [5.74, 6) is 1.91. The van der Waals surface area contributed by atoms with Crippen molar-refractivity contribution in [3.05, 3.63) is 32.2 Å². The zero-order chi connectivity index (χ0) is 16.0. The number of thiophene rings is 1. The molecule has 0 radical (unpaired) electrons. The van der Waals surface area contributed by atoms with E-state index in [1.807, 2.05) is 4.57 Å². The van der Waals surface area contributed by atoms with Crippen molar-refractivity contribution in [3.8, 4) is 0 Å². The number of fused-ring (bicyclic) bond motifs is 4. The first-order valence-corrected chi connectivity index (χ1v) is 9.91. The topological polar surface area (TPSA) is 52.0 Å². The van der Waals surface area contributed by atoms with Gasteiger partial charge in [0.1, 0.15) is 16.9 Å². The van der Waals surface area contributed by atoms with Gasteiger partial charge in [0.2, 0.25) is 0 Å². The third kappa shape index (κ3) is 2.31. The molecule has 0 aromatic carbocycles. The van der Waals surface area contributed by atoms with Crippen LogP contribution in [0.2, 0.25) is 0 Å². The molecule has 1 aliphatic carbocycles. The largest absolute Gasteiger partial charge is 0.298 e. The molecule has 2 aromatic heterocycles. The summed E-state index contributed by atoms with van der Waals surface area (Å²) in [5.41, 5.74) is 2.12. The Morgan fingerprint density at radius 1 is 1.35 bits per heavy atom. The van der Waals surface area contributed by atoms with E-state index in [0.29, 0.717) is 0 Å². The summed E-state index contributed by atoms with van der Waals surface area (Å²) in [7, 11) is 0. The van der Waals surface area contributed by atoms with Crippen molar-refractivity contribution in [1.82, 2.24) is 9.55 Å². The molecule has 120 valence electrons. The van der Waals surface area contributed by atoms with Crippen LogP contribution >= 0.6 is 23.1 Å². The van der Waals surface area contributed by atoms with Gasteiger partial charge in [-0.05, 0) is 37.0 Å². The molecule has 0 fully saturated rings. The van der Waals surface area contributed by atoms with E-state index in [-0.39, 0.29) is 5.56 Å². The maximum absolute atomic E-state index is 12.9. The second kappa shape index (κ2) is 5.91. The molecular weight excluding hydrogens is 328 g/mol. The van der Waals surface area contributed by atoms with Gasteiger partial charge in [-0.15, -0.1) is 23.1 Å². The molecule has 1 aliphatic heterocycles. The molecule has 0 unspecified atom stereocenters. The predicted molar refractivity (Wildman–Crippen MR) is 96.3 cm³/mol. The first-order chi connectivity index (χ1) is 11.2. The maximum Gasteiger partial charge on any atom is 0.262 e. The maximum atomic E-state index is 12.9. The lowest BCUT2D eigenvalue weighted by Crippen LogP contribution is -2.21. The van der Waals surface area contributed by atoms with Crippen molar-refractivity contribution in [1.29, 1.82) is 0 Å². The number of aromatic nitrogens is 2. The highest BCUT2D eigenvalue weighted by Crippen LogP contribution is 2.45. The fourth-order valence-electron chi connectivity index (χ4n) is 3.41. The molecule has 0 bridgehead atoms. The Hall–Kier alpha value is -1.40. The lowest BCUT2D eigenvalue weighted by atomic mass is 9.97. The van der Waals surface area contributed by atoms with Crippen molar-refractivity contribution in [2.24, 2.45) is 0 Å². The van der Waals surface area contributed by atoms with Gasteiger partial charge in [-0.3, -0.25) is 14.2 Å². The minimum absolute atomic E-state index is 0.120. The monoisotopic (exact) mass is 346 g/mol. The normalized spacial score (nSPS) is 16.7. The van der Waals surface area contributed by atoms with Crippen molar-refractivity contribution < 1.29 is 4.79 Å². The summed E-state index contributed by atoms with van der Waals surface area (Å²) in [6, 6.07) is 0. The van der Waals surface area contributed by atoms with Crippen LogP contribution in [0.25, 0.3) is 15.1 Å². The number of aryl methyl sites for hydroxylation is 2. The molecule has 0 spiro atoms. The van der Waals surface area contributed by atoms with E-state index >= 15 is 0 Å². The van der Waals surface area contributed by atoms with Crippen LogP contribution in [-0.2, 0) is 24.2 Å². The molecule has 4 rings (SSSR count). The molecule has 2 aliphatic rings. The zero-order valence-corrected chi connectivity index (χ0v) is 14.7. The molecule has 3 heterocycles. The lowest BCUT2D eigenvalue weighted by molar-refractivity contribution is -0.105. The number of thioether (sulfide) groups is 1. The van der Waals surface area contributed by atoms with Crippen LogP contribution in [0.5, 0.6) is 0 Å². The van der Waals surface area contributed by atoms with Gasteiger partial charge in [0.05, 0.1) is 5.39 Å². The second-order valence-electron chi connectivity index (χ2n) is 6.00. The van der Waals surface area contributed by atoms with Crippen LogP contribution in [0.15, 0.2) is 10.4 Å². The first-order valence-electron chi connectivity index (χ1n) is 8.11. The van der Waals surface area contributed by atoms with Crippen LogP contribution in [0, 0.1) is 0 Å². The van der Waals surface area contributed by atoms with Gasteiger partial charge in [-0.25, -0.2) is 4.98 Å². The molecule has 6 heteroatoms. The third-order valence-electron chi connectivity index (χ3n) is 4.51. The molecule has 2 aromatic rings. The van der Waals surface area contributed by atoms with E-state index in [1.54, 1.807) is 23.1 Å². The van der Waals surface area contributed by atoms with Gasteiger partial charge >= 0.3 is 0 Å². The Bertz CT molecular complexity index is 892. The lowest BCUT2D eigenvalue weighted by Gasteiger charge is -2.17. The number of aldehydes is 1. The van der Waals surface area contributed by atoms with E-state index in [1.165, 1.54) is 0 Å². The highest BCUT2D eigenvalue weighted by atomic mass is 32.2. The quantitative estimate of drug-likeness (QED) is 0.796. The van der Waals surface area contributed by atoms with Crippen LogP contribution in [0.1, 0.15) is 42.5 Å². The Labute approximate surface area is 142 Å². The van der Waals surface area contributed by atoms with E-state index in [2.05, 4.69) is 6.92 Å². The predicted octanol–water partition coefficient (Wildman–Crippen LogP) is 3.40. The number of hydrogen-bond acceptors (Lipinski definition) is 5. The minimum Gasteiger partial charge on any atom is -0.298 e. The van der Waals surface area contributed by atoms with E-state index in [0.717, 1.165) is 87.6 Å². The van der Waals surface area contributed by atoms with Gasteiger partial charge in [0.25, 0.3) is 5.56 Å². The summed E-state index contributed by atoms with van der Waals surface area (Å²) in [4.78, 5) is 32.1. The van der Waals surface area contributed by atoms with E-state index in [4.69, 9.17) is 4.98 Å². The number of rotatable bonds is 4. The number of nitrogens with zero attached hydrogens (tertiary/aromatic N) is 2. The van der Waals surface area contributed by atoms with Crippen molar-refractivity contribution in [3.63, 3.8) is 0 Å². The fourth-order valence-corrected chi connectivity index (χ4v) is 5.92. The zero-order valence-electron chi connectivity index (χ0n) is 13.1. The van der Waals surface area contributed by atoms with E-state index in [9.17, 15) is 9.59 Å². The van der Waals surface area contributed by atoms with Crippen molar-refractivity contribution >= 4 is 44.5 Å². The summed E-state index contributed by atoms with van der Waals surface area (Å²) in [5, 5.41) is 0.801. The fraction of sp³-hybridized carbons (Fsp3) is 0.471. The number of hydrogen-bond donors (Lipinski definition) is 0. The molecular formula is C17H18N2O2S2. The van der Waals surface area contributed by atoms with Gasteiger partial charge in [0, 0.05) is 28.3 Å². The molecule has 23 heavy (non-hydrogen) atoms. The van der Waals surface area contributed by atoms with Gasteiger partial charge in [-0.1, -0.05) is 6.92 Å². The summed E-state index contributed by atoms with van der Waals surface area (Å²) in [6.07, 6.45) is 5.46. The SMILES string of the molecule is CCCSC1=C(C=O)CCc2c1sc1nc3n(c(=O)c21)CCC3. The van der Waals surface area contributed by atoms with Gasteiger partial charge in [0.15, 0.2) is 0 Å². The average Bonchev–Trinajstić information content (AvgIpc) is 3.17. The first kappa shape index (κ1) is 15.1. The van der Waals surface area contributed by atoms with E-state index < -0.39 is 0 Å². The summed E-state index contributed by atoms with van der Waals surface area (Å²) >= 11 is 3.34. The molecule has 4 nitrogen and oxygen atoms in total. The number of allylic oxidation sites excluding steroid dienone is 1. The minimum atomic E-state index is 0.120. The molecule has 0 saturated carbocycles. The third-order valence-corrected chi connectivity index (χ3v) is 7.15. The highest BCUT2D eigenvalue weighted by molar-refractivity contribution is 8.08. The summed E-state index contributed by atoms with van der Waals surface area (Å²) in [6.45, 7) is 2.93. The second-order valence-corrected chi connectivity index (χ2v) is 8.10. The Morgan fingerprint density at radius 3 is 3.00 bits per heavy atom. The Balaban J connectivity index is 1.95. The Morgan fingerprint density at radius 2 is 2.22 bits per heavy atom. The number of carbonyl (C=O) groups excluding carboxylic acids is 1. The number of carbonyl (C=O) groups is 1. The molecule has 0 amide bonds. The van der Waals surface area contributed by atoms with Crippen LogP contribution in [-0.4, -0.2) is 21.6 Å². The van der Waals surface area contributed by atoms with Crippen molar-refractivity contribution in [2.45, 2.75) is 45.6 Å². The molecule has 0 saturated heterocycles. The molecule has 0 atom stereocenters. The molecule has 0 N–H and O–H groups in total. The standard InChI is InChI=1S/C17H18N2O2S2/c1-2-8-22-14-10(9-20)5-6-11-13-16(23-15(11)14)18-12-4-3-7-19(12)17(13)21/h9H,2-8H2,1H3. The average molecular weight is 346 g/mol. The van der Waals surface area contributed by atoms with Crippen LogP contribution in [0.4, 0.5) is 0 Å².